The van der Waals surface area contributed by atoms with Crippen molar-refractivity contribution in [2.24, 2.45) is 0 Å². The zero-order chi connectivity index (χ0) is 19.9. The summed E-state index contributed by atoms with van der Waals surface area (Å²) in [6.07, 6.45) is 2.57. The van der Waals surface area contributed by atoms with Crippen molar-refractivity contribution in [1.29, 1.82) is 0 Å². The molecular weight excluding hydrogens is 376 g/mol. The zero-order valence-electron chi connectivity index (χ0n) is 16.4. The maximum absolute atomic E-state index is 12.3. The molecule has 0 bridgehead atoms. The first-order valence-electron chi connectivity index (χ1n) is 9.56. The van der Waals surface area contributed by atoms with Gasteiger partial charge in [0.25, 0.3) is 5.56 Å². The van der Waals surface area contributed by atoms with Crippen molar-refractivity contribution in [3.05, 3.63) is 45.8 Å². The number of nitrogens with one attached hydrogen (secondary N) is 1. The van der Waals surface area contributed by atoms with Gasteiger partial charge in [-0.1, -0.05) is 6.07 Å². The van der Waals surface area contributed by atoms with E-state index in [9.17, 15) is 9.90 Å². The highest BCUT2D eigenvalue weighted by atomic mass is 32.1. The summed E-state index contributed by atoms with van der Waals surface area (Å²) in [5.74, 6) is 0.207. The van der Waals surface area contributed by atoms with Crippen LogP contribution in [0, 0.1) is 0 Å². The number of hydrogen-bond donors (Lipinski definition) is 2. The highest BCUT2D eigenvalue weighted by Gasteiger charge is 2.29. The highest BCUT2D eigenvalue weighted by Crippen LogP contribution is 2.32. The Morgan fingerprint density at radius 1 is 1.36 bits per heavy atom. The molecule has 7 nitrogen and oxygen atoms in total. The number of fused-ring (bicyclic) bond motifs is 1. The number of aliphatic hydroxyl groups excluding tert-OH is 1. The topological polar surface area (TPSA) is 82.9 Å². The van der Waals surface area contributed by atoms with Crippen LogP contribution in [0.4, 0.5) is 0 Å². The fourth-order valence-corrected chi connectivity index (χ4v) is 4.46. The molecule has 1 aliphatic rings. The first-order valence-corrected chi connectivity index (χ1v) is 10.4. The van der Waals surface area contributed by atoms with Crippen molar-refractivity contribution >= 4 is 17.0 Å². The smallest absolute Gasteiger partial charge is 0.251 e. The summed E-state index contributed by atoms with van der Waals surface area (Å²) < 4.78 is 7.52. The minimum atomic E-state index is -0.907. The molecule has 1 aliphatic heterocycles. The van der Waals surface area contributed by atoms with Crippen LogP contribution in [0.3, 0.4) is 0 Å². The van der Waals surface area contributed by atoms with E-state index < -0.39 is 12.0 Å². The van der Waals surface area contributed by atoms with Crippen LogP contribution < -0.4 is 5.56 Å². The Balaban J connectivity index is 1.57. The van der Waals surface area contributed by atoms with Crippen molar-refractivity contribution in [1.82, 2.24) is 19.5 Å². The molecule has 0 aromatic carbocycles. The Morgan fingerprint density at radius 2 is 2.11 bits per heavy atom. The number of nitrogens with zero attached hydrogens (tertiary/aromatic N) is 3. The Morgan fingerprint density at radius 3 is 2.75 bits per heavy atom. The molecule has 1 fully saturated rings. The molecule has 0 aliphatic carbocycles. The van der Waals surface area contributed by atoms with Crippen LogP contribution in [0.1, 0.15) is 45.2 Å². The zero-order valence-corrected chi connectivity index (χ0v) is 17.2. The molecule has 28 heavy (non-hydrogen) atoms. The van der Waals surface area contributed by atoms with E-state index in [0.29, 0.717) is 13.1 Å². The Hall–Kier alpha value is -2.00. The van der Waals surface area contributed by atoms with E-state index in [1.54, 1.807) is 17.4 Å². The maximum Gasteiger partial charge on any atom is 0.251 e. The van der Waals surface area contributed by atoms with Crippen molar-refractivity contribution in [2.75, 3.05) is 13.1 Å². The van der Waals surface area contributed by atoms with Crippen LogP contribution in [-0.4, -0.2) is 49.7 Å². The van der Waals surface area contributed by atoms with Gasteiger partial charge in [-0.3, -0.25) is 9.69 Å². The number of thiophene rings is 1. The summed E-state index contributed by atoms with van der Waals surface area (Å²) in [4.78, 5) is 18.3. The normalized spacial score (nSPS) is 18.0. The number of aromatic nitrogens is 3. The summed E-state index contributed by atoms with van der Waals surface area (Å²) in [6.45, 7) is 7.20. The third-order valence-electron chi connectivity index (χ3n) is 5.04. The van der Waals surface area contributed by atoms with Gasteiger partial charge in [0.2, 0.25) is 6.41 Å². The molecule has 0 amide bonds. The second-order valence-corrected chi connectivity index (χ2v) is 9.17. The molecule has 1 unspecified atom stereocenters. The number of aromatic amines is 1. The van der Waals surface area contributed by atoms with E-state index in [0.717, 1.165) is 34.6 Å². The molecule has 3 aromatic rings. The van der Waals surface area contributed by atoms with Gasteiger partial charge in [0.1, 0.15) is 5.65 Å². The second-order valence-electron chi connectivity index (χ2n) is 8.22. The van der Waals surface area contributed by atoms with Crippen molar-refractivity contribution in [3.8, 4) is 10.4 Å². The van der Waals surface area contributed by atoms with Gasteiger partial charge in [-0.25, -0.2) is 4.52 Å². The van der Waals surface area contributed by atoms with E-state index in [-0.39, 0.29) is 11.5 Å². The van der Waals surface area contributed by atoms with Crippen LogP contribution in [0.15, 0.2) is 34.6 Å². The molecule has 0 spiro atoms. The summed E-state index contributed by atoms with van der Waals surface area (Å²) in [5.41, 5.74) is 2.10. The largest absolute Gasteiger partial charge is 0.356 e. The summed E-state index contributed by atoms with van der Waals surface area (Å²) in [6, 6.07) is 5.68. The Kier molecular flexibility index (Phi) is 5.13. The standard InChI is InChI=1S/C20H26N4O3S/c1-20(2,3)27-19(26)23-8-6-13(7-9-23)15-11-17(25)22-18-14(12-21-24(15)18)16-5-4-10-28-16/h4-5,10-13,19,26H,6-9H2,1-3H3,(H,22,25). The van der Waals surface area contributed by atoms with Gasteiger partial charge in [0.05, 0.1) is 23.1 Å². The third-order valence-corrected chi connectivity index (χ3v) is 5.94. The number of rotatable bonds is 4. The number of H-pyrrole nitrogens is 1. The average Bonchev–Trinajstić information content (AvgIpc) is 3.29. The molecule has 4 rings (SSSR count). The molecule has 8 heteroatoms. The quantitative estimate of drug-likeness (QED) is 0.656. The van der Waals surface area contributed by atoms with Crippen molar-refractivity contribution in [3.63, 3.8) is 0 Å². The van der Waals surface area contributed by atoms with Crippen LogP contribution >= 0.6 is 11.3 Å². The minimum Gasteiger partial charge on any atom is -0.356 e. The molecule has 1 saturated heterocycles. The van der Waals surface area contributed by atoms with Gasteiger partial charge in [0, 0.05) is 30.0 Å². The number of hydrogen-bond acceptors (Lipinski definition) is 6. The SMILES string of the molecule is CC(C)(C)OC(O)N1CCC(c2cc(=O)[nH]c3c(-c4cccs4)cnn23)CC1. The van der Waals surface area contributed by atoms with Crippen LogP contribution in [0.2, 0.25) is 0 Å². The van der Waals surface area contributed by atoms with E-state index in [1.807, 2.05) is 53.9 Å². The molecule has 2 N–H and O–H groups in total. The summed E-state index contributed by atoms with van der Waals surface area (Å²) in [5, 5.41) is 16.9. The summed E-state index contributed by atoms with van der Waals surface area (Å²) in [7, 11) is 0. The fourth-order valence-electron chi connectivity index (χ4n) is 3.72. The monoisotopic (exact) mass is 402 g/mol. The molecular formula is C20H26N4O3S. The van der Waals surface area contributed by atoms with Crippen molar-refractivity contribution in [2.45, 2.75) is 51.5 Å². The van der Waals surface area contributed by atoms with Crippen LogP contribution in [0.25, 0.3) is 16.1 Å². The minimum absolute atomic E-state index is 0.112. The third kappa shape index (κ3) is 3.91. The predicted molar refractivity (Wildman–Crippen MR) is 110 cm³/mol. The lowest BCUT2D eigenvalue weighted by molar-refractivity contribution is -0.242. The average molecular weight is 403 g/mol. The van der Waals surface area contributed by atoms with E-state index in [1.165, 1.54) is 0 Å². The lowest BCUT2D eigenvalue weighted by atomic mass is 9.93. The summed E-state index contributed by atoms with van der Waals surface area (Å²) >= 11 is 1.63. The van der Waals surface area contributed by atoms with Gasteiger partial charge in [-0.15, -0.1) is 11.3 Å². The maximum atomic E-state index is 12.3. The Bertz CT molecular complexity index is 995. The molecule has 3 aromatic heterocycles. The van der Waals surface area contributed by atoms with Crippen molar-refractivity contribution < 1.29 is 9.84 Å². The number of aliphatic hydroxyl groups is 1. The van der Waals surface area contributed by atoms with Gasteiger partial charge in [-0.05, 0) is 45.1 Å². The van der Waals surface area contributed by atoms with E-state index >= 15 is 0 Å². The van der Waals surface area contributed by atoms with Gasteiger partial charge >= 0.3 is 0 Å². The first kappa shape index (κ1) is 19.3. The second kappa shape index (κ2) is 7.44. The highest BCUT2D eigenvalue weighted by molar-refractivity contribution is 7.13. The van der Waals surface area contributed by atoms with Gasteiger partial charge in [-0.2, -0.15) is 5.10 Å². The van der Waals surface area contributed by atoms with E-state index in [2.05, 4.69) is 10.1 Å². The molecule has 150 valence electrons. The number of likely N-dealkylation sites (tertiary alicyclic amines) is 1. The molecule has 4 heterocycles. The molecule has 0 radical (unpaired) electrons. The molecule has 0 saturated carbocycles. The van der Waals surface area contributed by atoms with Crippen LogP contribution in [0.5, 0.6) is 0 Å². The number of ether oxygens (including phenoxy) is 1. The molecule has 1 atom stereocenters. The van der Waals surface area contributed by atoms with Crippen LogP contribution in [-0.2, 0) is 4.74 Å². The Labute approximate surface area is 167 Å². The lowest BCUT2D eigenvalue weighted by Gasteiger charge is -2.37. The fraction of sp³-hybridized carbons (Fsp3) is 0.500. The van der Waals surface area contributed by atoms with E-state index in [4.69, 9.17) is 4.74 Å². The van der Waals surface area contributed by atoms with Gasteiger partial charge in [0.15, 0.2) is 0 Å². The number of piperidine rings is 1. The predicted octanol–water partition coefficient (Wildman–Crippen LogP) is 3.02. The van der Waals surface area contributed by atoms with Gasteiger partial charge < -0.3 is 14.8 Å². The lowest BCUT2D eigenvalue weighted by Crippen LogP contribution is -2.45. The first-order chi connectivity index (χ1) is 13.3.